The Morgan fingerprint density at radius 1 is 1.28 bits per heavy atom. The molecule has 1 atom stereocenters. The van der Waals surface area contributed by atoms with Crippen molar-refractivity contribution < 1.29 is 14.4 Å². The maximum atomic E-state index is 11.9. The van der Waals surface area contributed by atoms with Gasteiger partial charge in [-0.2, -0.15) is 0 Å². The molecule has 0 bridgehead atoms. The maximum Gasteiger partial charge on any atom is 0.240 e. The molecule has 0 heterocycles. The van der Waals surface area contributed by atoms with Gasteiger partial charge in [0.05, 0.1) is 0 Å². The summed E-state index contributed by atoms with van der Waals surface area (Å²) in [6.45, 7) is 1.25. The minimum absolute atomic E-state index is 0.205. The third kappa shape index (κ3) is 3.58. The number of amides is 2. The average molecular weight is 249 g/mol. The van der Waals surface area contributed by atoms with E-state index < -0.39 is 17.9 Å². The first-order valence-corrected chi connectivity index (χ1v) is 5.36. The van der Waals surface area contributed by atoms with E-state index in [0.717, 1.165) is 0 Å². The first kappa shape index (κ1) is 13.7. The lowest BCUT2D eigenvalue weighted by Crippen LogP contribution is -2.44. The van der Waals surface area contributed by atoms with Crippen LogP contribution in [0.25, 0.3) is 0 Å². The van der Waals surface area contributed by atoms with Gasteiger partial charge < -0.3 is 16.8 Å². The van der Waals surface area contributed by atoms with Gasteiger partial charge in [0.2, 0.25) is 11.8 Å². The highest BCUT2D eigenvalue weighted by Gasteiger charge is 2.21. The van der Waals surface area contributed by atoms with Crippen LogP contribution < -0.4 is 16.8 Å². The van der Waals surface area contributed by atoms with Crippen molar-refractivity contribution in [1.29, 1.82) is 0 Å². The van der Waals surface area contributed by atoms with Gasteiger partial charge in [0, 0.05) is 24.6 Å². The van der Waals surface area contributed by atoms with E-state index in [1.54, 1.807) is 24.3 Å². The second-order valence-corrected chi connectivity index (χ2v) is 3.87. The molecule has 0 aliphatic carbocycles. The van der Waals surface area contributed by atoms with Crippen molar-refractivity contribution in [2.75, 3.05) is 5.73 Å². The predicted octanol–water partition coefficient (Wildman–Crippen LogP) is -0.168. The molecule has 0 unspecified atom stereocenters. The SMILES string of the molecule is CC(=O)N[C@@H](CC(=O)c1ccccc1N)C(N)=O. The van der Waals surface area contributed by atoms with Gasteiger partial charge in [-0.25, -0.2) is 0 Å². The van der Waals surface area contributed by atoms with Gasteiger partial charge in [0.15, 0.2) is 5.78 Å². The number of ketones is 1. The van der Waals surface area contributed by atoms with Crippen LogP contribution in [-0.4, -0.2) is 23.6 Å². The zero-order chi connectivity index (χ0) is 13.7. The molecule has 0 aliphatic heterocycles. The monoisotopic (exact) mass is 249 g/mol. The van der Waals surface area contributed by atoms with Crippen LogP contribution in [0.15, 0.2) is 24.3 Å². The minimum Gasteiger partial charge on any atom is -0.398 e. The summed E-state index contributed by atoms with van der Waals surface area (Å²) >= 11 is 0. The van der Waals surface area contributed by atoms with Gasteiger partial charge >= 0.3 is 0 Å². The van der Waals surface area contributed by atoms with Crippen molar-refractivity contribution in [3.05, 3.63) is 29.8 Å². The third-order valence-corrected chi connectivity index (χ3v) is 2.37. The van der Waals surface area contributed by atoms with Crippen molar-refractivity contribution in [3.63, 3.8) is 0 Å². The van der Waals surface area contributed by atoms with E-state index in [4.69, 9.17) is 11.5 Å². The fourth-order valence-electron chi connectivity index (χ4n) is 1.51. The summed E-state index contributed by atoms with van der Waals surface area (Å²) < 4.78 is 0. The number of Topliss-reactive ketones (excluding diaryl/α,β-unsaturated/α-hetero) is 1. The molecule has 0 fully saturated rings. The smallest absolute Gasteiger partial charge is 0.240 e. The third-order valence-electron chi connectivity index (χ3n) is 2.37. The quantitative estimate of drug-likeness (QED) is 0.496. The van der Waals surface area contributed by atoms with Gasteiger partial charge in [-0.05, 0) is 12.1 Å². The Bertz CT molecular complexity index is 485. The number of nitrogens with two attached hydrogens (primary N) is 2. The van der Waals surface area contributed by atoms with Crippen molar-refractivity contribution >= 4 is 23.3 Å². The highest BCUT2D eigenvalue weighted by molar-refractivity contribution is 6.03. The number of carbonyl (C=O) groups is 3. The van der Waals surface area contributed by atoms with E-state index in [-0.39, 0.29) is 12.2 Å². The summed E-state index contributed by atoms with van der Waals surface area (Å²) in [6.07, 6.45) is -0.205. The lowest BCUT2D eigenvalue weighted by Gasteiger charge is -2.13. The number of carbonyl (C=O) groups excluding carboxylic acids is 3. The van der Waals surface area contributed by atoms with Gasteiger partial charge in [-0.15, -0.1) is 0 Å². The molecule has 0 saturated heterocycles. The van der Waals surface area contributed by atoms with E-state index in [1.807, 2.05) is 0 Å². The van der Waals surface area contributed by atoms with Gasteiger partial charge in [-0.3, -0.25) is 14.4 Å². The van der Waals surface area contributed by atoms with Crippen LogP contribution in [0, 0.1) is 0 Å². The second kappa shape index (κ2) is 5.81. The lowest BCUT2D eigenvalue weighted by atomic mass is 10.0. The van der Waals surface area contributed by atoms with E-state index in [2.05, 4.69) is 5.32 Å². The largest absolute Gasteiger partial charge is 0.398 e. The highest BCUT2D eigenvalue weighted by Crippen LogP contribution is 2.13. The molecule has 5 N–H and O–H groups in total. The molecule has 0 spiro atoms. The summed E-state index contributed by atoms with van der Waals surface area (Å²) in [5.41, 5.74) is 11.4. The Morgan fingerprint density at radius 3 is 2.39 bits per heavy atom. The van der Waals surface area contributed by atoms with Gasteiger partial charge in [-0.1, -0.05) is 12.1 Å². The first-order chi connectivity index (χ1) is 8.41. The number of benzene rings is 1. The standard InChI is InChI=1S/C12H15N3O3/c1-7(16)15-10(12(14)18)6-11(17)8-4-2-3-5-9(8)13/h2-5,10H,6,13H2,1H3,(H2,14,18)(H,15,16)/t10-/m0/s1. The predicted molar refractivity (Wildman–Crippen MR) is 66.6 cm³/mol. The van der Waals surface area contributed by atoms with Gasteiger partial charge in [0.25, 0.3) is 0 Å². The van der Waals surface area contributed by atoms with Crippen molar-refractivity contribution in [3.8, 4) is 0 Å². The topological polar surface area (TPSA) is 115 Å². The maximum absolute atomic E-state index is 11.9. The number of nitrogen functional groups attached to an aromatic ring is 1. The first-order valence-electron chi connectivity index (χ1n) is 5.36. The molecular weight excluding hydrogens is 234 g/mol. The molecule has 1 aromatic rings. The minimum atomic E-state index is -1.02. The molecular formula is C12H15N3O3. The fourth-order valence-corrected chi connectivity index (χ4v) is 1.51. The molecule has 0 aliphatic rings. The normalized spacial score (nSPS) is 11.6. The molecule has 0 saturated carbocycles. The van der Waals surface area contributed by atoms with E-state index in [9.17, 15) is 14.4 Å². The number of hydrogen-bond acceptors (Lipinski definition) is 4. The van der Waals surface area contributed by atoms with Crippen LogP contribution in [0.5, 0.6) is 0 Å². The van der Waals surface area contributed by atoms with Gasteiger partial charge in [0.1, 0.15) is 6.04 Å². The summed E-state index contributed by atoms with van der Waals surface area (Å²) in [6, 6.07) is 5.50. The number of primary amides is 1. The Morgan fingerprint density at radius 2 is 1.89 bits per heavy atom. The van der Waals surface area contributed by atoms with Crippen LogP contribution in [0.1, 0.15) is 23.7 Å². The second-order valence-electron chi connectivity index (χ2n) is 3.87. The number of anilines is 1. The average Bonchev–Trinajstić information content (AvgIpc) is 2.27. The zero-order valence-electron chi connectivity index (χ0n) is 9.97. The van der Waals surface area contributed by atoms with Crippen LogP contribution in [0.3, 0.4) is 0 Å². The molecule has 1 rings (SSSR count). The van der Waals surface area contributed by atoms with Crippen molar-refractivity contribution in [2.45, 2.75) is 19.4 Å². The lowest BCUT2D eigenvalue weighted by molar-refractivity contribution is -0.126. The summed E-state index contributed by atoms with van der Waals surface area (Å²) in [4.78, 5) is 33.9. The molecule has 1 aromatic carbocycles. The van der Waals surface area contributed by atoms with E-state index in [0.29, 0.717) is 11.3 Å². The molecule has 6 nitrogen and oxygen atoms in total. The number of hydrogen-bond donors (Lipinski definition) is 3. The number of para-hydroxylation sites is 1. The Kier molecular flexibility index (Phi) is 4.42. The molecule has 2 amide bonds. The fraction of sp³-hybridized carbons (Fsp3) is 0.250. The Hall–Kier alpha value is -2.37. The van der Waals surface area contributed by atoms with Crippen LogP contribution in [0.4, 0.5) is 5.69 Å². The molecule has 0 aromatic heterocycles. The summed E-state index contributed by atoms with van der Waals surface area (Å²) in [5, 5.41) is 2.32. The van der Waals surface area contributed by atoms with E-state index >= 15 is 0 Å². The van der Waals surface area contributed by atoms with Crippen LogP contribution in [-0.2, 0) is 9.59 Å². The molecule has 96 valence electrons. The number of rotatable bonds is 5. The Balaban J connectivity index is 2.82. The van der Waals surface area contributed by atoms with Crippen molar-refractivity contribution in [2.24, 2.45) is 5.73 Å². The van der Waals surface area contributed by atoms with Crippen molar-refractivity contribution in [1.82, 2.24) is 5.32 Å². The molecule has 0 radical (unpaired) electrons. The highest BCUT2D eigenvalue weighted by atomic mass is 16.2. The van der Waals surface area contributed by atoms with E-state index in [1.165, 1.54) is 6.92 Å². The molecule has 6 heteroatoms. The molecule has 18 heavy (non-hydrogen) atoms. The van der Waals surface area contributed by atoms with Crippen LogP contribution in [0.2, 0.25) is 0 Å². The number of nitrogens with one attached hydrogen (secondary N) is 1. The zero-order valence-corrected chi connectivity index (χ0v) is 9.97. The summed E-state index contributed by atoms with van der Waals surface area (Å²) in [7, 11) is 0. The summed E-state index contributed by atoms with van der Waals surface area (Å²) in [5.74, 6) is -1.52. The van der Waals surface area contributed by atoms with Crippen LogP contribution >= 0.6 is 0 Å². The Labute approximate surface area is 104 Å².